The normalized spacial score (nSPS) is 10.1. The van der Waals surface area contributed by atoms with E-state index in [0.29, 0.717) is 15.7 Å². The summed E-state index contributed by atoms with van der Waals surface area (Å²) in [4.78, 5) is 38.3. The molecule has 1 aromatic heterocycles. The van der Waals surface area contributed by atoms with Gasteiger partial charge in [0, 0.05) is 17.7 Å². The van der Waals surface area contributed by atoms with Crippen molar-refractivity contribution in [2.45, 2.75) is 13.8 Å². The van der Waals surface area contributed by atoms with Crippen LogP contribution in [0.25, 0.3) is 0 Å². The first-order valence-corrected chi connectivity index (χ1v) is 7.69. The van der Waals surface area contributed by atoms with E-state index in [2.05, 4.69) is 15.8 Å². The van der Waals surface area contributed by atoms with Gasteiger partial charge in [0.2, 0.25) is 5.13 Å². The largest absolute Gasteiger partial charge is 0.462 e. The second-order valence-corrected chi connectivity index (χ2v) is 5.54. The highest BCUT2D eigenvalue weighted by Crippen LogP contribution is 2.23. The molecule has 0 saturated carbocycles. The monoisotopic (exact) mass is 350 g/mol. The number of esters is 1. The van der Waals surface area contributed by atoms with Crippen LogP contribution in [0.1, 0.15) is 32.6 Å². The number of carbonyl (C=O) groups is 2. The zero-order valence-corrected chi connectivity index (χ0v) is 13.7. The van der Waals surface area contributed by atoms with Gasteiger partial charge in [-0.05, 0) is 19.9 Å². The van der Waals surface area contributed by atoms with E-state index >= 15 is 0 Å². The molecule has 0 bridgehead atoms. The Bertz CT molecular complexity index is 789. The summed E-state index contributed by atoms with van der Waals surface area (Å²) in [5.41, 5.74) is 5.37. The minimum Gasteiger partial charge on any atom is -0.462 e. The van der Waals surface area contributed by atoms with Gasteiger partial charge in [0.05, 0.1) is 17.2 Å². The van der Waals surface area contributed by atoms with Crippen molar-refractivity contribution < 1.29 is 19.2 Å². The summed E-state index contributed by atoms with van der Waals surface area (Å²) in [5, 5.41) is 11.0. The Labute approximate surface area is 140 Å². The molecule has 2 N–H and O–H groups in total. The number of hydrazine groups is 1. The standard InChI is InChI=1S/C14H14N4O5S/c1-3-23-13(20)11-8(2)15-14(24-11)17-16-12(19)9-5-4-6-10(7-9)18(21)22/h4-7H,3H2,1-2H3,(H,15,17)(H,16,19). The summed E-state index contributed by atoms with van der Waals surface area (Å²) >= 11 is 1.03. The molecule has 0 atom stereocenters. The number of hydrogen-bond acceptors (Lipinski definition) is 8. The number of non-ortho nitro benzene ring substituents is 1. The number of benzene rings is 1. The van der Waals surface area contributed by atoms with Crippen LogP contribution in [0.3, 0.4) is 0 Å². The molecule has 2 rings (SSSR count). The Balaban J connectivity index is 2.04. The summed E-state index contributed by atoms with van der Waals surface area (Å²) in [6, 6.07) is 5.31. The number of rotatable bonds is 6. The number of nitrogens with zero attached hydrogens (tertiary/aromatic N) is 2. The van der Waals surface area contributed by atoms with Crippen molar-refractivity contribution in [2.75, 3.05) is 12.0 Å². The van der Waals surface area contributed by atoms with Gasteiger partial charge in [-0.1, -0.05) is 17.4 Å². The molecular formula is C14H14N4O5S. The van der Waals surface area contributed by atoms with E-state index in [1.165, 1.54) is 18.2 Å². The summed E-state index contributed by atoms with van der Waals surface area (Å²) in [6.07, 6.45) is 0. The number of nitro benzene ring substituents is 1. The van der Waals surface area contributed by atoms with Crippen molar-refractivity contribution in [3.63, 3.8) is 0 Å². The van der Waals surface area contributed by atoms with Gasteiger partial charge in [-0.3, -0.25) is 25.8 Å². The molecule has 1 amide bonds. The molecule has 0 aliphatic heterocycles. The molecule has 0 fully saturated rings. The molecule has 1 heterocycles. The highest BCUT2D eigenvalue weighted by Gasteiger charge is 2.17. The van der Waals surface area contributed by atoms with E-state index in [1.807, 2.05) is 0 Å². The third kappa shape index (κ3) is 4.04. The maximum absolute atomic E-state index is 12.0. The average Bonchev–Trinajstić information content (AvgIpc) is 2.94. The number of nitrogens with one attached hydrogen (secondary N) is 2. The lowest BCUT2D eigenvalue weighted by Crippen LogP contribution is -2.29. The fourth-order valence-electron chi connectivity index (χ4n) is 1.78. The van der Waals surface area contributed by atoms with Crippen molar-refractivity contribution in [2.24, 2.45) is 0 Å². The molecule has 0 saturated heterocycles. The van der Waals surface area contributed by atoms with Crippen molar-refractivity contribution in [3.05, 3.63) is 50.5 Å². The fraction of sp³-hybridized carbons (Fsp3) is 0.214. The first kappa shape index (κ1) is 17.3. The molecule has 0 aliphatic carbocycles. The van der Waals surface area contributed by atoms with Gasteiger partial charge in [0.25, 0.3) is 11.6 Å². The topological polar surface area (TPSA) is 123 Å². The Morgan fingerprint density at radius 3 is 2.83 bits per heavy atom. The fourth-order valence-corrected chi connectivity index (χ4v) is 2.59. The first-order chi connectivity index (χ1) is 11.4. The predicted octanol–water partition coefficient (Wildman–Crippen LogP) is 2.29. The number of ether oxygens (including phenoxy) is 1. The van der Waals surface area contributed by atoms with Crippen LogP contribution in [-0.2, 0) is 4.74 Å². The molecule has 0 aliphatic rings. The number of aryl methyl sites for hydroxylation is 1. The Morgan fingerprint density at radius 1 is 1.42 bits per heavy atom. The number of hydrogen-bond donors (Lipinski definition) is 2. The minimum atomic E-state index is -0.583. The first-order valence-electron chi connectivity index (χ1n) is 6.87. The van der Waals surface area contributed by atoms with Crippen molar-refractivity contribution in [1.29, 1.82) is 0 Å². The lowest BCUT2D eigenvalue weighted by atomic mass is 10.2. The smallest absolute Gasteiger partial charge is 0.350 e. The Hall–Kier alpha value is -3.01. The lowest BCUT2D eigenvalue weighted by molar-refractivity contribution is -0.384. The molecule has 0 spiro atoms. The van der Waals surface area contributed by atoms with E-state index in [4.69, 9.17) is 4.74 Å². The number of anilines is 1. The maximum Gasteiger partial charge on any atom is 0.350 e. The van der Waals surface area contributed by atoms with E-state index in [9.17, 15) is 19.7 Å². The predicted molar refractivity (Wildman–Crippen MR) is 87.0 cm³/mol. The van der Waals surface area contributed by atoms with Crippen LogP contribution in [0.15, 0.2) is 24.3 Å². The number of carbonyl (C=O) groups excluding carboxylic acids is 2. The second-order valence-electron chi connectivity index (χ2n) is 4.54. The zero-order chi connectivity index (χ0) is 17.7. The lowest BCUT2D eigenvalue weighted by Gasteiger charge is -2.05. The number of amides is 1. The van der Waals surface area contributed by atoms with Gasteiger partial charge in [0.1, 0.15) is 4.88 Å². The zero-order valence-electron chi connectivity index (χ0n) is 12.9. The van der Waals surface area contributed by atoms with Gasteiger partial charge in [-0.2, -0.15) is 0 Å². The molecular weight excluding hydrogens is 336 g/mol. The third-order valence-corrected chi connectivity index (χ3v) is 3.91. The van der Waals surface area contributed by atoms with Crippen LogP contribution >= 0.6 is 11.3 Å². The molecule has 24 heavy (non-hydrogen) atoms. The van der Waals surface area contributed by atoms with E-state index < -0.39 is 16.8 Å². The number of thiazole rings is 1. The Kier molecular flexibility index (Phi) is 5.42. The van der Waals surface area contributed by atoms with Crippen LogP contribution in [0.5, 0.6) is 0 Å². The van der Waals surface area contributed by atoms with Gasteiger partial charge in [-0.15, -0.1) is 0 Å². The quantitative estimate of drug-likeness (QED) is 0.465. The van der Waals surface area contributed by atoms with E-state index in [-0.39, 0.29) is 17.9 Å². The summed E-state index contributed by atoms with van der Waals surface area (Å²) < 4.78 is 4.91. The van der Waals surface area contributed by atoms with E-state index in [0.717, 1.165) is 17.4 Å². The molecule has 0 unspecified atom stereocenters. The van der Waals surface area contributed by atoms with Crippen LogP contribution in [0.2, 0.25) is 0 Å². The summed E-state index contributed by atoms with van der Waals surface area (Å²) in [6.45, 7) is 3.60. The molecule has 0 radical (unpaired) electrons. The molecule has 2 aromatic rings. The van der Waals surface area contributed by atoms with E-state index in [1.54, 1.807) is 13.8 Å². The molecule has 10 heteroatoms. The van der Waals surface area contributed by atoms with Crippen molar-refractivity contribution in [3.8, 4) is 0 Å². The summed E-state index contributed by atoms with van der Waals surface area (Å²) in [7, 11) is 0. The molecule has 9 nitrogen and oxygen atoms in total. The second kappa shape index (κ2) is 7.51. The Morgan fingerprint density at radius 2 is 2.17 bits per heavy atom. The summed E-state index contributed by atoms with van der Waals surface area (Å²) in [5.74, 6) is -1.05. The van der Waals surface area contributed by atoms with Crippen LogP contribution in [-0.4, -0.2) is 28.4 Å². The SMILES string of the molecule is CCOC(=O)c1sc(NNC(=O)c2cccc([N+](=O)[O-])c2)nc1C. The van der Waals surface area contributed by atoms with Crippen molar-refractivity contribution in [1.82, 2.24) is 10.4 Å². The van der Waals surface area contributed by atoms with Gasteiger partial charge in [0.15, 0.2) is 0 Å². The third-order valence-electron chi connectivity index (χ3n) is 2.86. The van der Waals surface area contributed by atoms with Crippen LogP contribution < -0.4 is 10.9 Å². The minimum absolute atomic E-state index is 0.121. The van der Waals surface area contributed by atoms with Crippen LogP contribution in [0.4, 0.5) is 10.8 Å². The molecule has 126 valence electrons. The highest BCUT2D eigenvalue weighted by molar-refractivity contribution is 7.17. The van der Waals surface area contributed by atoms with Gasteiger partial charge < -0.3 is 4.74 Å². The number of aromatic nitrogens is 1. The van der Waals surface area contributed by atoms with Gasteiger partial charge >= 0.3 is 5.97 Å². The van der Waals surface area contributed by atoms with Crippen LogP contribution in [0, 0.1) is 17.0 Å². The maximum atomic E-state index is 12.0. The van der Waals surface area contributed by atoms with Gasteiger partial charge in [-0.25, -0.2) is 9.78 Å². The van der Waals surface area contributed by atoms with Crippen molar-refractivity contribution >= 4 is 34.0 Å². The molecule has 1 aromatic carbocycles. The average molecular weight is 350 g/mol. The number of nitro groups is 1. The highest BCUT2D eigenvalue weighted by atomic mass is 32.1.